The zero-order valence-electron chi connectivity index (χ0n) is 9.46. The molecule has 0 saturated carbocycles. The molecule has 0 bridgehead atoms. The topological polar surface area (TPSA) is 21.3 Å². The summed E-state index contributed by atoms with van der Waals surface area (Å²) in [6.45, 7) is 6.75. The fourth-order valence-electron chi connectivity index (χ4n) is 1.51. The lowest BCUT2D eigenvalue weighted by Crippen LogP contribution is -2.21. The van der Waals surface area contributed by atoms with Gasteiger partial charge in [0, 0.05) is 5.02 Å². The Morgan fingerprint density at radius 3 is 2.33 bits per heavy atom. The first-order valence-corrected chi connectivity index (χ1v) is 5.76. The lowest BCUT2D eigenvalue weighted by molar-refractivity contribution is 0.115. The van der Waals surface area contributed by atoms with Crippen LogP contribution in [0.4, 0.5) is 0 Å². The van der Waals surface area contributed by atoms with E-state index in [9.17, 15) is 0 Å². The summed E-state index contributed by atoms with van der Waals surface area (Å²) in [6.07, 6.45) is 0.153. The number of ether oxygens (including phenoxy) is 1. The summed E-state index contributed by atoms with van der Waals surface area (Å²) in [4.78, 5) is 0. The largest absolute Gasteiger partial charge is 0.362 e. The van der Waals surface area contributed by atoms with Crippen molar-refractivity contribution in [3.8, 4) is 0 Å². The molecule has 1 N–H and O–H groups in total. The van der Waals surface area contributed by atoms with E-state index in [1.54, 1.807) is 0 Å². The van der Waals surface area contributed by atoms with Gasteiger partial charge in [-0.15, -0.1) is 0 Å². The molecule has 1 aliphatic heterocycles. The van der Waals surface area contributed by atoms with E-state index in [0.717, 1.165) is 11.6 Å². The molecule has 2 rings (SSSR count). The minimum absolute atomic E-state index is 0.153. The van der Waals surface area contributed by atoms with Crippen LogP contribution in [0.25, 0.3) is 0 Å². The lowest BCUT2D eigenvalue weighted by Gasteiger charge is -2.09. The number of hydrogen-bond acceptors (Lipinski definition) is 2. The maximum absolute atomic E-state index is 5.80. The summed E-state index contributed by atoms with van der Waals surface area (Å²) in [6, 6.07) is 8.18. The van der Waals surface area contributed by atoms with Gasteiger partial charge < -0.3 is 4.74 Å². The second-order valence-electron chi connectivity index (χ2n) is 3.25. The van der Waals surface area contributed by atoms with Crippen molar-refractivity contribution in [2.45, 2.75) is 33.0 Å². The Morgan fingerprint density at radius 1 is 1.27 bits per heavy atom. The highest BCUT2D eigenvalue weighted by molar-refractivity contribution is 6.30. The van der Waals surface area contributed by atoms with Crippen LogP contribution in [-0.4, -0.2) is 12.8 Å². The summed E-state index contributed by atoms with van der Waals surface area (Å²) in [5, 5.41) is 4.10. The molecule has 84 valence electrons. The first kappa shape index (κ1) is 12.5. The molecule has 2 atom stereocenters. The number of hydrogen-bond donors (Lipinski definition) is 1. The quantitative estimate of drug-likeness (QED) is 0.794. The zero-order valence-corrected chi connectivity index (χ0v) is 10.2. The third-order valence-corrected chi connectivity index (χ3v) is 2.47. The second-order valence-corrected chi connectivity index (χ2v) is 3.68. The third kappa shape index (κ3) is 3.49. The minimum Gasteiger partial charge on any atom is -0.362 e. The predicted octanol–water partition coefficient (Wildman–Crippen LogP) is 3.37. The van der Waals surface area contributed by atoms with Gasteiger partial charge in [0.05, 0.1) is 12.6 Å². The van der Waals surface area contributed by atoms with Crippen molar-refractivity contribution < 1.29 is 4.74 Å². The Bertz CT molecular complexity index is 286. The van der Waals surface area contributed by atoms with E-state index >= 15 is 0 Å². The van der Waals surface area contributed by atoms with Gasteiger partial charge in [0.1, 0.15) is 6.23 Å². The van der Waals surface area contributed by atoms with Gasteiger partial charge in [0.2, 0.25) is 0 Å². The van der Waals surface area contributed by atoms with E-state index in [0.29, 0.717) is 6.04 Å². The van der Waals surface area contributed by atoms with Crippen molar-refractivity contribution in [3.05, 3.63) is 34.9 Å². The molecule has 1 aliphatic rings. The number of nitrogens with one attached hydrogen (secondary N) is 1. The fourth-order valence-corrected chi connectivity index (χ4v) is 1.63. The molecule has 2 nitrogen and oxygen atoms in total. The highest BCUT2D eigenvalue weighted by atomic mass is 35.5. The van der Waals surface area contributed by atoms with Crippen LogP contribution in [0.3, 0.4) is 0 Å². The van der Waals surface area contributed by atoms with Crippen molar-refractivity contribution in [2.24, 2.45) is 0 Å². The third-order valence-electron chi connectivity index (χ3n) is 2.22. The molecule has 3 heteroatoms. The van der Waals surface area contributed by atoms with Crippen LogP contribution >= 0.6 is 11.6 Å². The van der Waals surface area contributed by atoms with Gasteiger partial charge in [-0.05, 0) is 24.6 Å². The summed E-state index contributed by atoms with van der Waals surface area (Å²) in [5.41, 5.74) is 1.23. The molecule has 0 spiro atoms. The molecular weight excluding hydrogens is 210 g/mol. The molecule has 15 heavy (non-hydrogen) atoms. The van der Waals surface area contributed by atoms with Crippen LogP contribution in [0.15, 0.2) is 24.3 Å². The normalized spacial score (nSPS) is 24.5. The van der Waals surface area contributed by atoms with Crippen LogP contribution in [0.2, 0.25) is 5.02 Å². The Balaban J connectivity index is 0.000000531. The molecule has 0 amide bonds. The standard InChI is InChI=1S/C10H12ClNO.C2H6/c1-7-12-10(6-13-7)8-2-4-9(11)5-3-8;1-2/h2-5,7,10,12H,6H2,1H3;1-2H3. The van der Waals surface area contributed by atoms with E-state index in [2.05, 4.69) is 5.32 Å². The Kier molecular flexibility index (Phi) is 5.09. The van der Waals surface area contributed by atoms with E-state index in [4.69, 9.17) is 16.3 Å². The van der Waals surface area contributed by atoms with Gasteiger partial charge in [-0.25, -0.2) is 0 Å². The van der Waals surface area contributed by atoms with Gasteiger partial charge in [-0.2, -0.15) is 0 Å². The van der Waals surface area contributed by atoms with Crippen LogP contribution in [0.1, 0.15) is 32.4 Å². The summed E-state index contributed by atoms with van der Waals surface area (Å²) in [7, 11) is 0. The van der Waals surface area contributed by atoms with Crippen molar-refractivity contribution in [2.75, 3.05) is 6.61 Å². The molecule has 1 heterocycles. The Morgan fingerprint density at radius 2 is 1.87 bits per heavy atom. The van der Waals surface area contributed by atoms with E-state index < -0.39 is 0 Å². The van der Waals surface area contributed by atoms with Crippen molar-refractivity contribution in [1.82, 2.24) is 5.32 Å². The molecular formula is C12H18ClNO. The lowest BCUT2D eigenvalue weighted by atomic mass is 10.1. The monoisotopic (exact) mass is 227 g/mol. The van der Waals surface area contributed by atoms with E-state index in [-0.39, 0.29) is 6.23 Å². The summed E-state index contributed by atoms with van der Waals surface area (Å²) >= 11 is 5.80. The zero-order chi connectivity index (χ0) is 11.3. The number of rotatable bonds is 1. The smallest absolute Gasteiger partial charge is 0.105 e. The SMILES string of the molecule is CC.CC1NC(c2ccc(Cl)cc2)CO1. The van der Waals surface area contributed by atoms with Gasteiger partial charge in [0.15, 0.2) is 0 Å². The van der Waals surface area contributed by atoms with Crippen LogP contribution in [-0.2, 0) is 4.74 Å². The van der Waals surface area contributed by atoms with Crippen LogP contribution in [0.5, 0.6) is 0 Å². The number of halogens is 1. The molecule has 0 aliphatic carbocycles. The molecule has 1 aromatic rings. The summed E-state index contributed by atoms with van der Waals surface area (Å²) in [5.74, 6) is 0. The Hall–Kier alpha value is -0.570. The maximum atomic E-state index is 5.80. The molecule has 1 saturated heterocycles. The minimum atomic E-state index is 0.153. The van der Waals surface area contributed by atoms with Gasteiger partial charge in [0.25, 0.3) is 0 Å². The average molecular weight is 228 g/mol. The molecule has 0 radical (unpaired) electrons. The second kappa shape index (κ2) is 6.11. The average Bonchev–Trinajstić information content (AvgIpc) is 2.69. The van der Waals surface area contributed by atoms with Crippen molar-refractivity contribution in [1.29, 1.82) is 0 Å². The van der Waals surface area contributed by atoms with Gasteiger partial charge in [-0.1, -0.05) is 37.6 Å². The maximum Gasteiger partial charge on any atom is 0.105 e. The van der Waals surface area contributed by atoms with Crippen LogP contribution < -0.4 is 5.32 Å². The predicted molar refractivity (Wildman–Crippen MR) is 64.1 cm³/mol. The highest BCUT2D eigenvalue weighted by Crippen LogP contribution is 2.21. The fraction of sp³-hybridized carbons (Fsp3) is 0.500. The van der Waals surface area contributed by atoms with E-state index in [1.165, 1.54) is 5.56 Å². The highest BCUT2D eigenvalue weighted by Gasteiger charge is 2.21. The summed E-state index contributed by atoms with van der Waals surface area (Å²) < 4.78 is 5.41. The van der Waals surface area contributed by atoms with Gasteiger partial charge >= 0.3 is 0 Å². The van der Waals surface area contributed by atoms with Crippen LogP contribution in [0, 0.1) is 0 Å². The molecule has 0 aromatic heterocycles. The Labute approximate surface area is 96.6 Å². The van der Waals surface area contributed by atoms with Crippen molar-refractivity contribution >= 4 is 11.6 Å². The molecule has 2 unspecified atom stereocenters. The first-order valence-electron chi connectivity index (χ1n) is 5.39. The van der Waals surface area contributed by atoms with E-state index in [1.807, 2.05) is 45.0 Å². The van der Waals surface area contributed by atoms with Gasteiger partial charge in [-0.3, -0.25) is 5.32 Å². The van der Waals surface area contributed by atoms with Crippen molar-refractivity contribution in [3.63, 3.8) is 0 Å². The number of benzene rings is 1. The first-order chi connectivity index (χ1) is 7.25. The molecule has 1 aromatic carbocycles. The molecule has 1 fully saturated rings.